The van der Waals surface area contributed by atoms with Gasteiger partial charge in [-0.3, -0.25) is 14.3 Å². The molecule has 0 spiro atoms. The lowest BCUT2D eigenvalue weighted by atomic mass is 10.00. The zero-order valence-corrected chi connectivity index (χ0v) is 16.9. The van der Waals surface area contributed by atoms with Crippen molar-refractivity contribution in [3.8, 4) is 0 Å². The number of imidazole rings is 1. The second-order valence-electron chi connectivity index (χ2n) is 6.95. The van der Waals surface area contributed by atoms with Gasteiger partial charge in [-0.25, -0.2) is 4.98 Å². The molecule has 0 radical (unpaired) electrons. The zero-order valence-electron chi connectivity index (χ0n) is 16.0. The fourth-order valence-corrected chi connectivity index (χ4v) is 3.86. The number of aliphatic hydroxyl groups excluding tert-OH is 4. The topological polar surface area (TPSA) is 215 Å². The fourth-order valence-electron chi connectivity index (χ4n) is 2.86. The summed E-state index contributed by atoms with van der Waals surface area (Å²) in [5.74, 6) is -0.0449. The Morgan fingerprint density at radius 3 is 2.77 bits per heavy atom. The van der Waals surface area contributed by atoms with Crippen molar-refractivity contribution in [2.75, 3.05) is 32.0 Å². The minimum Gasteiger partial charge on any atom is -0.387 e. The van der Waals surface area contributed by atoms with Crippen LogP contribution in [0.5, 0.6) is 0 Å². The molecule has 0 saturated carbocycles. The molecule has 15 heteroatoms. The van der Waals surface area contributed by atoms with Crippen LogP contribution in [0.4, 0.5) is 5.95 Å². The van der Waals surface area contributed by atoms with Crippen molar-refractivity contribution in [3.63, 3.8) is 0 Å². The van der Waals surface area contributed by atoms with E-state index < -0.39 is 50.2 Å². The second-order valence-corrected chi connectivity index (χ2v) is 9.49. The molecule has 2 unspecified atom stereocenters. The van der Waals surface area contributed by atoms with Crippen LogP contribution < -0.4 is 11.3 Å². The molecule has 2 aromatic heterocycles. The van der Waals surface area contributed by atoms with Crippen LogP contribution in [0.1, 0.15) is 0 Å². The number of nitrogens with two attached hydrogens (primary N) is 1. The Hall–Kier alpha value is -1.90. The molecule has 2 aromatic rings. The van der Waals surface area contributed by atoms with Crippen molar-refractivity contribution in [3.05, 3.63) is 16.7 Å². The molecule has 1 saturated heterocycles. The molecular weight excluding hydrogens is 425 g/mol. The number of fused-ring (bicyclic) bond motifs is 1. The zero-order chi connectivity index (χ0) is 22.1. The van der Waals surface area contributed by atoms with E-state index in [2.05, 4.69) is 15.0 Å². The first-order valence-electron chi connectivity index (χ1n) is 8.96. The normalized spacial score (nSPS) is 29.2. The van der Waals surface area contributed by atoms with E-state index in [0.717, 1.165) is 0 Å². The van der Waals surface area contributed by atoms with Crippen LogP contribution in [-0.4, -0.2) is 96.9 Å². The molecule has 6 atom stereocenters. The first-order chi connectivity index (χ1) is 14.1. The summed E-state index contributed by atoms with van der Waals surface area (Å²) in [4.78, 5) is 22.1. The summed E-state index contributed by atoms with van der Waals surface area (Å²) in [6.45, 7) is 1.29. The van der Waals surface area contributed by atoms with Gasteiger partial charge in [0.15, 0.2) is 17.5 Å². The quantitative estimate of drug-likeness (QED) is 0.181. The van der Waals surface area contributed by atoms with Crippen LogP contribution in [-0.2, 0) is 25.1 Å². The molecule has 168 valence electrons. The number of nitrogen functional groups attached to an aromatic ring is 1. The molecule has 0 aromatic carbocycles. The maximum absolute atomic E-state index is 12.5. The van der Waals surface area contributed by atoms with Gasteiger partial charge in [-0.1, -0.05) is 0 Å². The first-order valence-corrected chi connectivity index (χ1v) is 11.2. The lowest BCUT2D eigenvalue weighted by Gasteiger charge is -2.38. The number of anilines is 1. The van der Waals surface area contributed by atoms with Crippen molar-refractivity contribution in [2.24, 2.45) is 0 Å². The molecule has 0 amide bonds. The van der Waals surface area contributed by atoms with Crippen LogP contribution in [0.3, 0.4) is 0 Å². The highest BCUT2D eigenvalue weighted by molar-refractivity contribution is 7.57. The molecular formula is C15H24N5O9P. The Kier molecular flexibility index (Phi) is 6.89. The highest BCUT2D eigenvalue weighted by atomic mass is 31.2. The van der Waals surface area contributed by atoms with Gasteiger partial charge in [0.05, 0.1) is 19.5 Å². The van der Waals surface area contributed by atoms with Gasteiger partial charge >= 0.3 is 0 Å². The third kappa shape index (κ3) is 5.04. The van der Waals surface area contributed by atoms with E-state index in [0.29, 0.717) is 5.65 Å². The van der Waals surface area contributed by atoms with Crippen LogP contribution in [0, 0.1) is 0 Å². The largest absolute Gasteiger partial charge is 0.387 e. The maximum atomic E-state index is 12.5. The maximum Gasteiger partial charge on any atom is 0.280 e. The van der Waals surface area contributed by atoms with Crippen LogP contribution in [0.15, 0.2) is 11.1 Å². The Labute approximate surface area is 169 Å². The van der Waals surface area contributed by atoms with Crippen molar-refractivity contribution in [1.29, 1.82) is 0 Å². The predicted octanol–water partition coefficient (Wildman–Crippen LogP) is -2.60. The van der Waals surface area contributed by atoms with E-state index in [-0.39, 0.29) is 31.0 Å². The highest BCUT2D eigenvalue weighted by Crippen LogP contribution is 2.43. The van der Waals surface area contributed by atoms with E-state index in [1.807, 2.05) is 0 Å². The molecule has 14 nitrogen and oxygen atoms in total. The summed E-state index contributed by atoms with van der Waals surface area (Å²) in [7, 11) is -3.27. The fraction of sp³-hybridized carbons (Fsp3) is 0.667. The highest BCUT2D eigenvalue weighted by Gasteiger charge is 2.43. The summed E-state index contributed by atoms with van der Waals surface area (Å²) in [6.07, 6.45) is -6.55. The Morgan fingerprint density at radius 2 is 2.03 bits per heavy atom. The number of aliphatic hydroxyl groups is 4. The molecule has 7 N–H and O–H groups in total. The minimum absolute atomic E-state index is 0.0449. The molecule has 3 heterocycles. The molecule has 0 aliphatic carbocycles. The Balaban J connectivity index is 1.48. The number of aromatic nitrogens is 4. The second kappa shape index (κ2) is 9.08. The summed E-state index contributed by atoms with van der Waals surface area (Å²) < 4.78 is 29.7. The standard InChI is InChI=1S/C15H24N5O9P/c1-30(26,28-4-7-9(21)10(22)11(23)14(25)29-7)6-27-3-2-20-5-17-8-12(20)18-15(16)19-13(8)24/h5,7,9-11,14,21-23,25H,2-4,6H2,1H3,(H3,16,18,19,24)/t7-,9-,10+,11+,14?,30?/m1/s1. The third-order valence-corrected chi connectivity index (χ3v) is 5.84. The van der Waals surface area contributed by atoms with E-state index in [4.69, 9.17) is 19.7 Å². The van der Waals surface area contributed by atoms with Crippen molar-refractivity contribution in [1.82, 2.24) is 19.5 Å². The summed E-state index contributed by atoms with van der Waals surface area (Å²) >= 11 is 0. The smallest absolute Gasteiger partial charge is 0.280 e. The summed E-state index contributed by atoms with van der Waals surface area (Å²) in [6, 6.07) is 0. The van der Waals surface area contributed by atoms with Gasteiger partial charge in [0.2, 0.25) is 13.3 Å². The minimum atomic E-state index is -3.27. The Bertz CT molecular complexity index is 981. The number of H-pyrrole nitrogens is 1. The van der Waals surface area contributed by atoms with Crippen molar-refractivity contribution >= 4 is 24.5 Å². The first kappa shape index (κ1) is 22.8. The van der Waals surface area contributed by atoms with Gasteiger partial charge < -0.3 is 44.7 Å². The summed E-state index contributed by atoms with van der Waals surface area (Å²) in [5, 5.41) is 38.5. The number of rotatable bonds is 8. The number of ether oxygens (including phenoxy) is 2. The van der Waals surface area contributed by atoms with Crippen molar-refractivity contribution < 1.29 is 39.0 Å². The Morgan fingerprint density at radius 1 is 1.30 bits per heavy atom. The SMILES string of the molecule is CP(=O)(COCCn1cnc2c(=O)[nH]c(N)nc21)OC[C@H]1OC(O)[C@@H](O)[C@@H](O)[C@@H]1O. The summed E-state index contributed by atoms with van der Waals surface area (Å²) in [5.41, 5.74) is 5.49. The van der Waals surface area contributed by atoms with Gasteiger partial charge in [-0.15, -0.1) is 0 Å². The van der Waals surface area contributed by atoms with Crippen LogP contribution in [0.2, 0.25) is 0 Å². The van der Waals surface area contributed by atoms with Gasteiger partial charge in [0.25, 0.3) is 5.56 Å². The number of hydrogen-bond donors (Lipinski definition) is 6. The van der Waals surface area contributed by atoms with E-state index in [9.17, 15) is 29.8 Å². The average molecular weight is 449 g/mol. The molecule has 1 fully saturated rings. The molecule has 30 heavy (non-hydrogen) atoms. The monoisotopic (exact) mass is 449 g/mol. The van der Waals surface area contributed by atoms with Crippen molar-refractivity contribution in [2.45, 2.75) is 37.3 Å². The van der Waals surface area contributed by atoms with E-state index >= 15 is 0 Å². The van der Waals surface area contributed by atoms with E-state index in [1.54, 1.807) is 4.57 Å². The predicted molar refractivity (Wildman–Crippen MR) is 102 cm³/mol. The van der Waals surface area contributed by atoms with Crippen LogP contribution in [0.25, 0.3) is 11.2 Å². The molecule has 1 aliphatic rings. The number of nitrogens with zero attached hydrogens (tertiary/aromatic N) is 3. The van der Waals surface area contributed by atoms with Gasteiger partial charge in [0, 0.05) is 13.2 Å². The lowest BCUT2D eigenvalue weighted by Crippen LogP contribution is -2.58. The van der Waals surface area contributed by atoms with Gasteiger partial charge in [0.1, 0.15) is 30.8 Å². The number of aromatic amines is 1. The molecule has 1 aliphatic heterocycles. The van der Waals surface area contributed by atoms with Crippen LogP contribution >= 0.6 is 7.37 Å². The lowest BCUT2D eigenvalue weighted by molar-refractivity contribution is -0.285. The molecule has 3 rings (SSSR count). The van der Waals surface area contributed by atoms with Gasteiger partial charge in [-0.05, 0) is 0 Å². The number of nitrogens with one attached hydrogen (secondary N) is 1. The van der Waals surface area contributed by atoms with Gasteiger partial charge in [-0.2, -0.15) is 4.98 Å². The average Bonchev–Trinajstić information content (AvgIpc) is 3.08. The van der Waals surface area contributed by atoms with E-state index in [1.165, 1.54) is 13.0 Å². The third-order valence-electron chi connectivity index (χ3n) is 4.49. The number of hydrogen-bond acceptors (Lipinski definition) is 12. The molecule has 0 bridgehead atoms.